The predicted molar refractivity (Wildman–Crippen MR) is 71.4 cm³/mol. The van der Waals surface area contributed by atoms with Crippen molar-refractivity contribution in [2.45, 2.75) is 17.4 Å². The molecular formula is C13H14N2O3S. The first-order valence-corrected chi connectivity index (χ1v) is 7.57. The molecule has 0 unspecified atom stereocenters. The Kier molecular flexibility index (Phi) is 2.91. The lowest BCUT2D eigenvalue weighted by Crippen LogP contribution is -2.23. The lowest BCUT2D eigenvalue weighted by Gasteiger charge is -2.06. The minimum absolute atomic E-state index is 0.0824. The molecule has 1 aromatic carbocycles. The van der Waals surface area contributed by atoms with Crippen LogP contribution in [0.15, 0.2) is 46.3 Å². The van der Waals surface area contributed by atoms with Gasteiger partial charge in [-0.05, 0) is 18.6 Å². The van der Waals surface area contributed by atoms with Crippen LogP contribution in [0.2, 0.25) is 0 Å². The maximum atomic E-state index is 11.9. The fourth-order valence-electron chi connectivity index (χ4n) is 2.38. The average Bonchev–Trinajstić information content (AvgIpc) is 2.94. The van der Waals surface area contributed by atoms with Crippen molar-refractivity contribution in [2.75, 3.05) is 6.61 Å². The molecule has 6 heteroatoms. The fourth-order valence-corrected chi connectivity index (χ4v) is 3.62. The van der Waals surface area contributed by atoms with E-state index in [1.807, 2.05) is 12.2 Å². The number of sulfonamides is 1. The van der Waals surface area contributed by atoms with Gasteiger partial charge in [0.2, 0.25) is 0 Å². The zero-order chi connectivity index (χ0) is 13.5. The molecular weight excluding hydrogens is 264 g/mol. The standard InChI is InChI=1S/C13H14N2O3S/c16-8-9-5-6-10(7-9)14-13-11-3-1-2-4-12(11)19(17,18)15-13/h1-6,9-10,16H,7-8H2,(H,14,15)/t9-,10+/m0/s1. The minimum Gasteiger partial charge on any atom is -0.396 e. The van der Waals surface area contributed by atoms with Crippen LogP contribution in [-0.2, 0) is 10.0 Å². The number of aliphatic imine (C=N–C) groups is 1. The molecule has 19 heavy (non-hydrogen) atoms. The molecule has 100 valence electrons. The molecule has 0 aromatic heterocycles. The molecule has 1 aliphatic heterocycles. The number of fused-ring (bicyclic) bond motifs is 1. The number of benzene rings is 1. The van der Waals surface area contributed by atoms with Gasteiger partial charge in [-0.2, -0.15) is 0 Å². The molecule has 0 saturated carbocycles. The van der Waals surface area contributed by atoms with E-state index >= 15 is 0 Å². The molecule has 0 radical (unpaired) electrons. The van der Waals surface area contributed by atoms with Gasteiger partial charge in [0.25, 0.3) is 10.0 Å². The number of hydrogen-bond donors (Lipinski definition) is 2. The van der Waals surface area contributed by atoms with Crippen LogP contribution < -0.4 is 4.72 Å². The van der Waals surface area contributed by atoms with Crippen LogP contribution >= 0.6 is 0 Å². The van der Waals surface area contributed by atoms with E-state index in [0.29, 0.717) is 17.8 Å². The van der Waals surface area contributed by atoms with E-state index in [0.717, 1.165) is 0 Å². The Morgan fingerprint density at radius 2 is 2.11 bits per heavy atom. The number of rotatable bonds is 2. The van der Waals surface area contributed by atoms with Crippen molar-refractivity contribution in [3.63, 3.8) is 0 Å². The highest BCUT2D eigenvalue weighted by Gasteiger charge is 2.31. The van der Waals surface area contributed by atoms with Crippen LogP contribution in [0.3, 0.4) is 0 Å². The minimum atomic E-state index is -3.47. The summed E-state index contributed by atoms with van der Waals surface area (Å²) in [6, 6.07) is 6.71. The van der Waals surface area contributed by atoms with Gasteiger partial charge in [-0.25, -0.2) is 8.42 Å². The summed E-state index contributed by atoms with van der Waals surface area (Å²) in [5, 5.41) is 9.07. The molecule has 0 spiro atoms. The van der Waals surface area contributed by atoms with Crippen LogP contribution in [-0.4, -0.2) is 32.0 Å². The van der Waals surface area contributed by atoms with Crippen molar-refractivity contribution >= 4 is 15.9 Å². The van der Waals surface area contributed by atoms with Gasteiger partial charge in [0.15, 0.2) is 0 Å². The van der Waals surface area contributed by atoms with E-state index in [2.05, 4.69) is 9.71 Å². The first kappa shape index (κ1) is 12.4. The lowest BCUT2D eigenvalue weighted by atomic mass is 10.1. The van der Waals surface area contributed by atoms with Crippen LogP contribution in [0.1, 0.15) is 12.0 Å². The summed E-state index contributed by atoms with van der Waals surface area (Å²) in [4.78, 5) is 4.71. The van der Waals surface area contributed by atoms with Gasteiger partial charge < -0.3 is 5.11 Å². The number of aliphatic hydroxyl groups is 1. The molecule has 1 aromatic rings. The van der Waals surface area contributed by atoms with Crippen molar-refractivity contribution in [2.24, 2.45) is 10.9 Å². The Morgan fingerprint density at radius 1 is 1.32 bits per heavy atom. The maximum Gasteiger partial charge on any atom is 0.263 e. The van der Waals surface area contributed by atoms with Gasteiger partial charge in [0.1, 0.15) is 5.84 Å². The third-order valence-corrected chi connectivity index (χ3v) is 4.74. The Hall–Kier alpha value is -1.66. The summed E-state index contributed by atoms with van der Waals surface area (Å²) >= 11 is 0. The smallest absolute Gasteiger partial charge is 0.263 e. The van der Waals surface area contributed by atoms with Crippen molar-refractivity contribution < 1.29 is 13.5 Å². The molecule has 0 amide bonds. The predicted octanol–water partition coefficient (Wildman–Crippen LogP) is 0.662. The molecule has 1 aliphatic carbocycles. The topological polar surface area (TPSA) is 78.8 Å². The number of nitrogens with zero attached hydrogens (tertiary/aromatic N) is 1. The molecule has 2 atom stereocenters. The normalized spacial score (nSPS) is 29.4. The second-order valence-electron chi connectivity index (χ2n) is 4.71. The van der Waals surface area contributed by atoms with Gasteiger partial charge in [-0.1, -0.05) is 24.3 Å². The first-order valence-electron chi connectivity index (χ1n) is 6.09. The van der Waals surface area contributed by atoms with Crippen molar-refractivity contribution in [3.05, 3.63) is 42.0 Å². The highest BCUT2D eigenvalue weighted by Crippen LogP contribution is 2.25. The monoisotopic (exact) mass is 278 g/mol. The zero-order valence-corrected chi connectivity index (χ0v) is 11.0. The first-order chi connectivity index (χ1) is 9.10. The summed E-state index contributed by atoms with van der Waals surface area (Å²) in [5.41, 5.74) is 0.614. The zero-order valence-electron chi connectivity index (χ0n) is 10.2. The molecule has 3 rings (SSSR count). The SMILES string of the molecule is O=S1(=O)NC(=N[C@@H]2C=C[C@H](CO)C2)c2ccccc21. The molecule has 0 fully saturated rings. The maximum absolute atomic E-state index is 11.9. The molecule has 0 saturated heterocycles. The van der Waals surface area contributed by atoms with Gasteiger partial charge in [0.05, 0.1) is 10.9 Å². The van der Waals surface area contributed by atoms with Crippen LogP contribution in [0.5, 0.6) is 0 Å². The molecule has 0 bridgehead atoms. The Balaban J connectivity index is 1.94. The largest absolute Gasteiger partial charge is 0.396 e. The van der Waals surface area contributed by atoms with E-state index in [9.17, 15) is 8.42 Å². The van der Waals surface area contributed by atoms with Crippen molar-refractivity contribution in [1.82, 2.24) is 4.72 Å². The van der Waals surface area contributed by atoms with Crippen molar-refractivity contribution in [1.29, 1.82) is 0 Å². The summed E-state index contributed by atoms with van der Waals surface area (Å²) in [5.74, 6) is 0.506. The second kappa shape index (κ2) is 4.47. The number of aliphatic hydroxyl groups excluding tert-OH is 1. The van der Waals surface area contributed by atoms with Gasteiger partial charge in [-0.3, -0.25) is 9.71 Å². The Bertz CT molecular complexity index is 664. The van der Waals surface area contributed by atoms with Crippen LogP contribution in [0, 0.1) is 5.92 Å². The number of hydrogen-bond acceptors (Lipinski definition) is 4. The highest BCUT2D eigenvalue weighted by atomic mass is 32.2. The summed E-state index contributed by atoms with van der Waals surface area (Å²) in [7, 11) is -3.47. The third-order valence-electron chi connectivity index (χ3n) is 3.34. The summed E-state index contributed by atoms with van der Waals surface area (Å²) in [6.45, 7) is 0.0974. The van der Waals surface area contributed by atoms with Gasteiger partial charge >= 0.3 is 0 Å². The Labute approximate surface area is 111 Å². The van der Waals surface area contributed by atoms with Gasteiger partial charge in [0, 0.05) is 18.1 Å². The summed E-state index contributed by atoms with van der Waals surface area (Å²) in [6.07, 6.45) is 4.54. The van der Waals surface area contributed by atoms with Crippen LogP contribution in [0.25, 0.3) is 0 Å². The lowest BCUT2D eigenvalue weighted by molar-refractivity contribution is 0.249. The van der Waals surface area contributed by atoms with E-state index in [4.69, 9.17) is 5.11 Å². The number of amidine groups is 1. The number of nitrogens with one attached hydrogen (secondary N) is 1. The average molecular weight is 278 g/mol. The highest BCUT2D eigenvalue weighted by molar-refractivity contribution is 7.90. The van der Waals surface area contributed by atoms with Crippen LogP contribution in [0.4, 0.5) is 0 Å². The van der Waals surface area contributed by atoms with E-state index in [1.54, 1.807) is 24.3 Å². The fraction of sp³-hybridized carbons (Fsp3) is 0.308. The third kappa shape index (κ3) is 2.17. The van der Waals surface area contributed by atoms with Crippen molar-refractivity contribution in [3.8, 4) is 0 Å². The quantitative estimate of drug-likeness (QED) is 0.780. The molecule has 1 heterocycles. The second-order valence-corrected chi connectivity index (χ2v) is 6.36. The Morgan fingerprint density at radius 3 is 2.84 bits per heavy atom. The van der Waals surface area contributed by atoms with Gasteiger partial charge in [-0.15, -0.1) is 0 Å². The van der Waals surface area contributed by atoms with E-state index < -0.39 is 10.0 Å². The molecule has 5 nitrogen and oxygen atoms in total. The summed E-state index contributed by atoms with van der Waals surface area (Å²) < 4.78 is 26.3. The molecule has 2 N–H and O–H groups in total. The van der Waals surface area contributed by atoms with E-state index in [1.165, 1.54) is 0 Å². The van der Waals surface area contributed by atoms with E-state index in [-0.39, 0.29) is 23.5 Å². The molecule has 2 aliphatic rings.